The number of rotatable bonds is 7. The lowest BCUT2D eigenvalue weighted by atomic mass is 9.85. The Hall–Kier alpha value is -1.26. The predicted octanol–water partition coefficient (Wildman–Crippen LogP) is 2.80. The van der Waals surface area contributed by atoms with Gasteiger partial charge in [0.25, 0.3) is 0 Å². The van der Waals surface area contributed by atoms with Gasteiger partial charge in [0.1, 0.15) is 0 Å². The molecule has 0 amide bonds. The number of hydrogen-bond donors (Lipinski definition) is 1. The minimum atomic E-state index is 0.333. The summed E-state index contributed by atoms with van der Waals surface area (Å²) in [6.07, 6.45) is 4.23. The van der Waals surface area contributed by atoms with Gasteiger partial charge in [0.15, 0.2) is 11.5 Å². The van der Waals surface area contributed by atoms with Gasteiger partial charge < -0.3 is 19.7 Å². The van der Waals surface area contributed by atoms with Crippen LogP contribution in [0.2, 0.25) is 0 Å². The standard InChI is InChI=1S/C17H26N2O2/c1-3-19(10-13-5-4-6-13)11-15(18-2)14-7-8-16-17(9-14)21-12-20-16/h7-9,13,15,18H,3-6,10-12H2,1-2H3. The van der Waals surface area contributed by atoms with E-state index in [2.05, 4.69) is 29.3 Å². The Bertz CT molecular complexity index is 474. The van der Waals surface area contributed by atoms with Crippen molar-refractivity contribution < 1.29 is 9.47 Å². The van der Waals surface area contributed by atoms with Crippen LogP contribution >= 0.6 is 0 Å². The van der Waals surface area contributed by atoms with Crippen molar-refractivity contribution >= 4 is 0 Å². The van der Waals surface area contributed by atoms with E-state index in [0.29, 0.717) is 12.8 Å². The molecule has 1 aliphatic carbocycles. The van der Waals surface area contributed by atoms with Gasteiger partial charge in [0, 0.05) is 19.1 Å². The zero-order valence-corrected chi connectivity index (χ0v) is 13.1. The summed E-state index contributed by atoms with van der Waals surface area (Å²) >= 11 is 0. The van der Waals surface area contributed by atoms with Crippen LogP contribution in [0.3, 0.4) is 0 Å². The molecule has 1 aliphatic heterocycles. The van der Waals surface area contributed by atoms with Crippen molar-refractivity contribution in [2.45, 2.75) is 32.2 Å². The van der Waals surface area contributed by atoms with E-state index in [4.69, 9.17) is 9.47 Å². The van der Waals surface area contributed by atoms with Gasteiger partial charge in [-0.15, -0.1) is 0 Å². The first kappa shape index (κ1) is 14.7. The van der Waals surface area contributed by atoms with Crippen LogP contribution in [-0.2, 0) is 0 Å². The van der Waals surface area contributed by atoms with Crippen LogP contribution in [0.25, 0.3) is 0 Å². The number of fused-ring (bicyclic) bond motifs is 1. The van der Waals surface area contributed by atoms with Crippen molar-refractivity contribution in [3.05, 3.63) is 23.8 Å². The maximum atomic E-state index is 5.49. The highest BCUT2D eigenvalue weighted by atomic mass is 16.7. The van der Waals surface area contributed by atoms with Crippen LogP contribution < -0.4 is 14.8 Å². The molecule has 1 fully saturated rings. The molecule has 1 unspecified atom stereocenters. The van der Waals surface area contributed by atoms with E-state index in [1.807, 2.05) is 13.1 Å². The van der Waals surface area contributed by atoms with Crippen molar-refractivity contribution in [1.29, 1.82) is 0 Å². The molecule has 2 aliphatic rings. The lowest BCUT2D eigenvalue weighted by Gasteiger charge is -2.33. The summed E-state index contributed by atoms with van der Waals surface area (Å²) in [5.74, 6) is 2.64. The summed E-state index contributed by atoms with van der Waals surface area (Å²) in [5, 5.41) is 3.45. The number of benzene rings is 1. The highest BCUT2D eigenvalue weighted by molar-refractivity contribution is 5.45. The summed E-state index contributed by atoms with van der Waals surface area (Å²) in [6.45, 7) is 5.98. The fourth-order valence-corrected chi connectivity index (χ4v) is 3.12. The monoisotopic (exact) mass is 290 g/mol. The predicted molar refractivity (Wildman–Crippen MR) is 83.8 cm³/mol. The van der Waals surface area contributed by atoms with Gasteiger partial charge in [0.2, 0.25) is 6.79 Å². The molecule has 0 saturated heterocycles. The van der Waals surface area contributed by atoms with Gasteiger partial charge in [-0.2, -0.15) is 0 Å². The fraction of sp³-hybridized carbons (Fsp3) is 0.647. The van der Waals surface area contributed by atoms with Crippen LogP contribution in [0.15, 0.2) is 18.2 Å². The van der Waals surface area contributed by atoms with Gasteiger partial charge in [-0.3, -0.25) is 0 Å². The zero-order chi connectivity index (χ0) is 14.7. The first-order chi connectivity index (χ1) is 10.3. The second kappa shape index (κ2) is 6.67. The molecule has 4 nitrogen and oxygen atoms in total. The summed E-state index contributed by atoms with van der Waals surface area (Å²) in [7, 11) is 2.03. The second-order valence-corrected chi connectivity index (χ2v) is 6.10. The molecule has 0 radical (unpaired) electrons. The zero-order valence-electron chi connectivity index (χ0n) is 13.1. The van der Waals surface area contributed by atoms with E-state index in [0.717, 1.165) is 30.5 Å². The van der Waals surface area contributed by atoms with E-state index >= 15 is 0 Å². The molecule has 1 saturated carbocycles. The van der Waals surface area contributed by atoms with Gasteiger partial charge in [-0.1, -0.05) is 19.4 Å². The third kappa shape index (κ3) is 3.33. The molecule has 1 aromatic carbocycles. The second-order valence-electron chi connectivity index (χ2n) is 6.10. The number of nitrogens with one attached hydrogen (secondary N) is 1. The van der Waals surface area contributed by atoms with Crippen molar-refractivity contribution in [3.8, 4) is 11.5 Å². The van der Waals surface area contributed by atoms with E-state index in [-0.39, 0.29) is 0 Å². The SMILES string of the molecule is CCN(CC1CCC1)CC(NC)c1ccc2c(c1)OCO2. The number of nitrogens with zero attached hydrogens (tertiary/aromatic N) is 1. The van der Waals surface area contributed by atoms with E-state index < -0.39 is 0 Å². The highest BCUT2D eigenvalue weighted by Gasteiger charge is 2.23. The summed E-state index contributed by atoms with van der Waals surface area (Å²) in [5.41, 5.74) is 1.27. The van der Waals surface area contributed by atoms with Crippen molar-refractivity contribution in [2.75, 3.05) is 33.5 Å². The first-order valence-electron chi connectivity index (χ1n) is 8.09. The normalized spacial score (nSPS) is 18.8. The molecule has 116 valence electrons. The highest BCUT2D eigenvalue weighted by Crippen LogP contribution is 2.34. The van der Waals surface area contributed by atoms with Gasteiger partial charge >= 0.3 is 0 Å². The molecular formula is C17H26N2O2. The van der Waals surface area contributed by atoms with Crippen LogP contribution in [0.5, 0.6) is 11.5 Å². The lowest BCUT2D eigenvalue weighted by Crippen LogP contribution is -2.38. The summed E-state index contributed by atoms with van der Waals surface area (Å²) in [6, 6.07) is 6.61. The van der Waals surface area contributed by atoms with Crippen LogP contribution in [0.4, 0.5) is 0 Å². The Morgan fingerprint density at radius 2 is 2.10 bits per heavy atom. The molecule has 4 heteroatoms. The molecule has 1 atom stereocenters. The topological polar surface area (TPSA) is 33.7 Å². The Balaban J connectivity index is 1.65. The van der Waals surface area contributed by atoms with Gasteiger partial charge in [0.05, 0.1) is 0 Å². The largest absolute Gasteiger partial charge is 0.454 e. The Morgan fingerprint density at radius 3 is 2.76 bits per heavy atom. The van der Waals surface area contributed by atoms with Gasteiger partial charge in [-0.05, 0) is 50.0 Å². The van der Waals surface area contributed by atoms with Crippen LogP contribution in [-0.4, -0.2) is 38.4 Å². The number of ether oxygens (including phenoxy) is 2. The molecule has 0 aromatic heterocycles. The summed E-state index contributed by atoms with van der Waals surface area (Å²) in [4.78, 5) is 2.57. The van der Waals surface area contributed by atoms with E-state index in [9.17, 15) is 0 Å². The molecule has 1 N–H and O–H groups in total. The minimum Gasteiger partial charge on any atom is -0.454 e. The number of hydrogen-bond acceptors (Lipinski definition) is 4. The molecule has 0 spiro atoms. The van der Waals surface area contributed by atoms with Crippen molar-refractivity contribution in [3.63, 3.8) is 0 Å². The Kier molecular flexibility index (Phi) is 4.66. The van der Waals surface area contributed by atoms with E-state index in [1.54, 1.807) is 0 Å². The first-order valence-corrected chi connectivity index (χ1v) is 8.09. The van der Waals surface area contributed by atoms with Crippen molar-refractivity contribution in [1.82, 2.24) is 10.2 Å². The molecule has 3 rings (SSSR count). The fourth-order valence-electron chi connectivity index (χ4n) is 3.12. The average Bonchev–Trinajstić information content (AvgIpc) is 2.93. The summed E-state index contributed by atoms with van der Waals surface area (Å²) < 4.78 is 10.9. The molecule has 1 aromatic rings. The quantitative estimate of drug-likeness (QED) is 0.837. The molecule has 0 bridgehead atoms. The van der Waals surface area contributed by atoms with Gasteiger partial charge in [-0.25, -0.2) is 0 Å². The molecular weight excluding hydrogens is 264 g/mol. The smallest absolute Gasteiger partial charge is 0.231 e. The Morgan fingerprint density at radius 1 is 1.29 bits per heavy atom. The minimum absolute atomic E-state index is 0.333. The molecule has 1 heterocycles. The third-order valence-electron chi connectivity index (χ3n) is 4.78. The third-order valence-corrected chi connectivity index (χ3v) is 4.78. The van der Waals surface area contributed by atoms with E-state index in [1.165, 1.54) is 31.4 Å². The van der Waals surface area contributed by atoms with Crippen LogP contribution in [0.1, 0.15) is 37.8 Å². The lowest BCUT2D eigenvalue weighted by molar-refractivity contribution is 0.171. The average molecular weight is 290 g/mol. The number of likely N-dealkylation sites (N-methyl/N-ethyl adjacent to an activating group) is 2. The molecule has 21 heavy (non-hydrogen) atoms. The Labute approximate surface area is 127 Å². The maximum Gasteiger partial charge on any atom is 0.231 e. The van der Waals surface area contributed by atoms with Crippen LogP contribution in [0, 0.1) is 5.92 Å². The van der Waals surface area contributed by atoms with Crippen molar-refractivity contribution in [2.24, 2.45) is 5.92 Å². The maximum absolute atomic E-state index is 5.49.